The lowest BCUT2D eigenvalue weighted by Gasteiger charge is -2.29. The van der Waals surface area contributed by atoms with Crippen molar-refractivity contribution in [2.45, 2.75) is 26.4 Å². The van der Waals surface area contributed by atoms with Gasteiger partial charge in [0, 0.05) is 24.5 Å². The summed E-state index contributed by atoms with van der Waals surface area (Å²) in [6.07, 6.45) is 4.30. The minimum Gasteiger partial charge on any atom is -0.487 e. The van der Waals surface area contributed by atoms with E-state index in [1.54, 1.807) is 22.3 Å². The predicted molar refractivity (Wildman–Crippen MR) is 104 cm³/mol. The summed E-state index contributed by atoms with van der Waals surface area (Å²) in [5.41, 5.74) is 1.77. The molecule has 0 spiro atoms. The monoisotopic (exact) mass is 386 g/mol. The van der Waals surface area contributed by atoms with Crippen LogP contribution in [0.4, 0.5) is 0 Å². The van der Waals surface area contributed by atoms with Crippen molar-refractivity contribution in [2.24, 2.45) is 5.92 Å². The van der Waals surface area contributed by atoms with E-state index in [1.165, 1.54) is 6.08 Å². The van der Waals surface area contributed by atoms with Crippen LogP contribution in [0.15, 0.2) is 35.7 Å². The first-order valence-electron chi connectivity index (χ1n) is 8.85. The van der Waals surface area contributed by atoms with Crippen molar-refractivity contribution in [3.63, 3.8) is 0 Å². The van der Waals surface area contributed by atoms with Gasteiger partial charge in [0.15, 0.2) is 0 Å². The number of amides is 1. The number of carbonyl (C=O) groups excluding carboxylic acids is 1. The van der Waals surface area contributed by atoms with Crippen molar-refractivity contribution >= 4 is 29.3 Å². The van der Waals surface area contributed by atoms with Crippen LogP contribution in [0.25, 0.3) is 6.08 Å². The third-order valence-electron chi connectivity index (χ3n) is 4.49. The molecule has 0 saturated carbocycles. The Bertz CT molecular complexity index is 838. The predicted octanol–water partition coefficient (Wildman–Crippen LogP) is 3.37. The number of thiazole rings is 1. The van der Waals surface area contributed by atoms with Gasteiger partial charge in [0.25, 0.3) is 0 Å². The molecule has 2 heterocycles. The van der Waals surface area contributed by atoms with Crippen molar-refractivity contribution in [1.82, 2.24) is 9.88 Å². The van der Waals surface area contributed by atoms with Crippen LogP contribution >= 0.6 is 11.3 Å². The van der Waals surface area contributed by atoms with Gasteiger partial charge in [-0.1, -0.05) is 12.1 Å². The van der Waals surface area contributed by atoms with Crippen molar-refractivity contribution in [3.05, 3.63) is 52.0 Å². The number of aliphatic carboxylic acids is 1. The molecule has 0 unspecified atom stereocenters. The highest BCUT2D eigenvalue weighted by molar-refractivity contribution is 7.09. The van der Waals surface area contributed by atoms with Gasteiger partial charge in [-0.25, -0.2) is 4.98 Å². The first-order chi connectivity index (χ1) is 13.0. The Kier molecular flexibility index (Phi) is 6.24. The molecular weight excluding hydrogens is 364 g/mol. The second-order valence-corrected chi connectivity index (χ2v) is 7.55. The molecular formula is C20H22N2O4S. The Labute approximate surface area is 162 Å². The summed E-state index contributed by atoms with van der Waals surface area (Å²) in [5.74, 6) is -0.490. The van der Waals surface area contributed by atoms with Gasteiger partial charge in [0.1, 0.15) is 12.4 Å². The number of likely N-dealkylation sites (tertiary alicyclic amines) is 1. The maximum Gasteiger partial charge on any atom is 0.306 e. The van der Waals surface area contributed by atoms with Gasteiger partial charge >= 0.3 is 5.97 Å². The molecule has 2 aromatic rings. The molecule has 3 rings (SSSR count). The molecule has 1 aromatic heterocycles. The molecule has 1 fully saturated rings. The Hall–Kier alpha value is -2.67. The van der Waals surface area contributed by atoms with Gasteiger partial charge < -0.3 is 14.7 Å². The number of piperidine rings is 1. The van der Waals surface area contributed by atoms with Gasteiger partial charge in [-0.15, -0.1) is 11.3 Å². The third kappa shape index (κ3) is 5.40. The molecule has 1 aromatic carbocycles. The van der Waals surface area contributed by atoms with Gasteiger partial charge in [0.2, 0.25) is 5.91 Å². The molecule has 7 heteroatoms. The van der Waals surface area contributed by atoms with E-state index in [0.29, 0.717) is 32.5 Å². The van der Waals surface area contributed by atoms with Crippen molar-refractivity contribution in [3.8, 4) is 5.75 Å². The number of carboxylic acids is 1. The first kappa shape index (κ1) is 19.1. The summed E-state index contributed by atoms with van der Waals surface area (Å²) in [7, 11) is 0. The maximum absolute atomic E-state index is 12.3. The summed E-state index contributed by atoms with van der Waals surface area (Å²) in [5, 5.41) is 12.0. The normalized spacial score (nSPS) is 15.2. The molecule has 1 N–H and O–H groups in total. The van der Waals surface area contributed by atoms with Gasteiger partial charge in [-0.05, 0) is 43.5 Å². The molecule has 1 aliphatic heterocycles. The van der Waals surface area contributed by atoms with E-state index in [-0.39, 0.29) is 11.8 Å². The Balaban J connectivity index is 1.54. The third-order valence-corrected chi connectivity index (χ3v) is 5.31. The summed E-state index contributed by atoms with van der Waals surface area (Å²) < 4.78 is 5.76. The summed E-state index contributed by atoms with van der Waals surface area (Å²) in [4.78, 5) is 29.3. The van der Waals surface area contributed by atoms with Crippen molar-refractivity contribution < 1.29 is 19.4 Å². The van der Waals surface area contributed by atoms with Crippen LogP contribution in [-0.4, -0.2) is 40.0 Å². The van der Waals surface area contributed by atoms with E-state index >= 15 is 0 Å². The fourth-order valence-electron chi connectivity index (χ4n) is 2.96. The zero-order valence-corrected chi connectivity index (χ0v) is 15.9. The van der Waals surface area contributed by atoms with Gasteiger partial charge in [-0.3, -0.25) is 9.59 Å². The van der Waals surface area contributed by atoms with E-state index in [2.05, 4.69) is 4.98 Å². The standard InChI is InChI=1S/C20H22N2O4S/c1-14-21-17(13-27-14)12-26-18-4-2-3-15(11-18)5-6-19(23)22-9-7-16(8-10-22)20(24)25/h2-6,11,13,16H,7-10,12H2,1H3,(H,24,25). The van der Waals surface area contributed by atoms with E-state index in [0.717, 1.165) is 22.0 Å². The highest BCUT2D eigenvalue weighted by Gasteiger charge is 2.25. The topological polar surface area (TPSA) is 79.7 Å². The molecule has 6 nitrogen and oxygen atoms in total. The Morgan fingerprint density at radius 1 is 1.37 bits per heavy atom. The number of aromatic nitrogens is 1. The van der Waals surface area contributed by atoms with Crippen LogP contribution in [0.3, 0.4) is 0 Å². The highest BCUT2D eigenvalue weighted by atomic mass is 32.1. The van der Waals surface area contributed by atoms with Crippen LogP contribution in [0.2, 0.25) is 0 Å². The SMILES string of the molecule is Cc1nc(COc2cccc(C=CC(=O)N3CCC(C(=O)O)CC3)c2)cs1. The van der Waals surface area contributed by atoms with Crippen LogP contribution in [-0.2, 0) is 16.2 Å². The number of carboxylic acid groups (broad SMARTS) is 1. The first-order valence-corrected chi connectivity index (χ1v) is 9.73. The fourth-order valence-corrected chi connectivity index (χ4v) is 3.56. The number of carbonyl (C=O) groups is 2. The average Bonchev–Trinajstić information content (AvgIpc) is 3.10. The summed E-state index contributed by atoms with van der Waals surface area (Å²) in [6.45, 7) is 3.34. The lowest BCUT2D eigenvalue weighted by Crippen LogP contribution is -2.39. The second kappa shape index (κ2) is 8.81. The van der Waals surface area contributed by atoms with Gasteiger partial charge in [0.05, 0.1) is 16.6 Å². The van der Waals surface area contributed by atoms with Crippen LogP contribution in [0.1, 0.15) is 29.1 Å². The van der Waals surface area contributed by atoms with E-state index in [1.807, 2.05) is 36.6 Å². The zero-order valence-electron chi connectivity index (χ0n) is 15.1. The summed E-state index contributed by atoms with van der Waals surface area (Å²) in [6, 6.07) is 7.53. The lowest BCUT2D eigenvalue weighted by atomic mass is 9.97. The molecule has 0 radical (unpaired) electrons. The molecule has 0 atom stereocenters. The smallest absolute Gasteiger partial charge is 0.306 e. The number of hydrogen-bond acceptors (Lipinski definition) is 5. The Morgan fingerprint density at radius 3 is 2.81 bits per heavy atom. The van der Waals surface area contributed by atoms with E-state index in [9.17, 15) is 9.59 Å². The summed E-state index contributed by atoms with van der Waals surface area (Å²) >= 11 is 1.59. The highest BCUT2D eigenvalue weighted by Crippen LogP contribution is 2.19. The molecule has 1 amide bonds. The maximum atomic E-state index is 12.3. The van der Waals surface area contributed by atoms with Gasteiger partial charge in [-0.2, -0.15) is 0 Å². The fraction of sp³-hybridized carbons (Fsp3) is 0.350. The van der Waals surface area contributed by atoms with E-state index in [4.69, 9.17) is 9.84 Å². The number of benzene rings is 1. The number of aryl methyl sites for hydroxylation is 1. The molecule has 0 aliphatic carbocycles. The van der Waals surface area contributed by atoms with Crippen LogP contribution in [0.5, 0.6) is 5.75 Å². The number of hydrogen-bond donors (Lipinski definition) is 1. The minimum absolute atomic E-state index is 0.0943. The van der Waals surface area contributed by atoms with Crippen molar-refractivity contribution in [2.75, 3.05) is 13.1 Å². The molecule has 142 valence electrons. The van der Waals surface area contributed by atoms with Crippen LogP contribution in [0, 0.1) is 12.8 Å². The number of nitrogens with zero attached hydrogens (tertiary/aromatic N) is 2. The molecule has 1 saturated heterocycles. The largest absolute Gasteiger partial charge is 0.487 e. The second-order valence-electron chi connectivity index (χ2n) is 6.49. The van der Waals surface area contributed by atoms with Crippen LogP contribution < -0.4 is 4.74 Å². The zero-order chi connectivity index (χ0) is 19.2. The Morgan fingerprint density at radius 2 is 2.15 bits per heavy atom. The quantitative estimate of drug-likeness (QED) is 0.770. The number of rotatable bonds is 6. The van der Waals surface area contributed by atoms with E-state index < -0.39 is 5.97 Å². The molecule has 1 aliphatic rings. The lowest BCUT2D eigenvalue weighted by molar-refractivity contribution is -0.144. The minimum atomic E-state index is -0.776. The molecule has 27 heavy (non-hydrogen) atoms. The average molecular weight is 386 g/mol. The molecule has 0 bridgehead atoms. The van der Waals surface area contributed by atoms with Crippen molar-refractivity contribution in [1.29, 1.82) is 0 Å². The number of ether oxygens (including phenoxy) is 1.